The van der Waals surface area contributed by atoms with Gasteiger partial charge in [-0.2, -0.15) is 0 Å². The fourth-order valence-corrected chi connectivity index (χ4v) is 2.47. The molecule has 1 aromatic heterocycles. The van der Waals surface area contributed by atoms with Gasteiger partial charge < -0.3 is 19.3 Å². The van der Waals surface area contributed by atoms with Crippen LogP contribution in [0.25, 0.3) is 0 Å². The topological polar surface area (TPSA) is 108 Å². The minimum absolute atomic E-state index is 0.128. The Kier molecular flexibility index (Phi) is 7.31. The summed E-state index contributed by atoms with van der Waals surface area (Å²) in [5.74, 6) is -0.714. The van der Waals surface area contributed by atoms with E-state index in [2.05, 4.69) is 10.5 Å². The number of ether oxygens (including phenoxy) is 2. The summed E-state index contributed by atoms with van der Waals surface area (Å²) in [6.07, 6.45) is 0.359. The summed E-state index contributed by atoms with van der Waals surface area (Å²) >= 11 is 0. The molecule has 8 heteroatoms. The van der Waals surface area contributed by atoms with Crippen molar-refractivity contribution in [2.24, 2.45) is 0 Å². The Morgan fingerprint density at radius 3 is 2.39 bits per heavy atom. The van der Waals surface area contributed by atoms with E-state index in [4.69, 9.17) is 14.0 Å². The number of hydrogen-bond donors (Lipinski definition) is 1. The Labute approximate surface area is 163 Å². The van der Waals surface area contributed by atoms with E-state index in [-0.39, 0.29) is 12.5 Å². The maximum Gasteiger partial charge on any atom is 0.338 e. The van der Waals surface area contributed by atoms with Gasteiger partial charge in [-0.15, -0.1) is 0 Å². The zero-order valence-electron chi connectivity index (χ0n) is 16.4. The molecule has 0 radical (unpaired) electrons. The number of amides is 1. The quantitative estimate of drug-likeness (QED) is 0.693. The van der Waals surface area contributed by atoms with Crippen molar-refractivity contribution in [1.29, 1.82) is 0 Å². The Balaban J connectivity index is 1.76. The van der Waals surface area contributed by atoms with Crippen molar-refractivity contribution in [2.45, 2.75) is 46.6 Å². The highest BCUT2D eigenvalue weighted by atomic mass is 16.5. The minimum atomic E-state index is -0.484. The second kappa shape index (κ2) is 9.68. The Bertz CT molecular complexity index is 819. The second-order valence-electron chi connectivity index (χ2n) is 6.54. The first-order valence-corrected chi connectivity index (χ1v) is 8.94. The highest BCUT2D eigenvalue weighted by Crippen LogP contribution is 2.15. The van der Waals surface area contributed by atoms with Crippen molar-refractivity contribution in [3.05, 3.63) is 46.8 Å². The molecule has 0 aliphatic heterocycles. The summed E-state index contributed by atoms with van der Waals surface area (Å²) < 4.78 is 15.1. The average molecular weight is 388 g/mol. The number of anilines is 1. The van der Waals surface area contributed by atoms with Crippen LogP contribution in [0.2, 0.25) is 0 Å². The molecule has 1 amide bonds. The fourth-order valence-electron chi connectivity index (χ4n) is 2.47. The molecule has 0 saturated carbocycles. The van der Waals surface area contributed by atoms with Crippen LogP contribution in [-0.2, 0) is 25.5 Å². The van der Waals surface area contributed by atoms with Gasteiger partial charge in [-0.3, -0.25) is 9.59 Å². The molecule has 8 nitrogen and oxygen atoms in total. The van der Waals surface area contributed by atoms with Gasteiger partial charge in [0.05, 0.1) is 17.4 Å². The smallest absolute Gasteiger partial charge is 0.338 e. The molecular weight excluding hydrogens is 364 g/mol. The van der Waals surface area contributed by atoms with Crippen molar-refractivity contribution < 1.29 is 28.4 Å². The summed E-state index contributed by atoms with van der Waals surface area (Å²) in [4.78, 5) is 35.5. The molecular formula is C20H24N2O6. The molecule has 0 unspecified atom stereocenters. The third-order valence-corrected chi connectivity index (χ3v) is 3.87. The second-order valence-corrected chi connectivity index (χ2v) is 6.54. The van der Waals surface area contributed by atoms with Crippen LogP contribution in [-0.4, -0.2) is 35.7 Å². The lowest BCUT2D eigenvalue weighted by Gasteiger charge is -2.09. The zero-order chi connectivity index (χ0) is 20.7. The highest BCUT2D eigenvalue weighted by Gasteiger charge is 2.14. The molecule has 0 saturated heterocycles. The minimum Gasteiger partial charge on any atom is -0.459 e. The lowest BCUT2D eigenvalue weighted by atomic mass is 10.1. The maximum absolute atomic E-state index is 11.9. The molecule has 0 aliphatic rings. The molecule has 0 bridgehead atoms. The van der Waals surface area contributed by atoms with Crippen molar-refractivity contribution in [1.82, 2.24) is 5.16 Å². The van der Waals surface area contributed by atoms with E-state index in [1.807, 2.05) is 0 Å². The first kappa shape index (κ1) is 21.1. The summed E-state index contributed by atoms with van der Waals surface area (Å²) in [5, 5.41) is 6.42. The first-order valence-electron chi connectivity index (χ1n) is 8.94. The van der Waals surface area contributed by atoms with Gasteiger partial charge in [0, 0.05) is 17.7 Å². The number of carbonyl (C=O) groups is 3. The lowest BCUT2D eigenvalue weighted by Crippen LogP contribution is -2.21. The van der Waals surface area contributed by atoms with Crippen LogP contribution in [0.4, 0.5) is 5.69 Å². The summed E-state index contributed by atoms with van der Waals surface area (Å²) in [5.41, 5.74) is 2.48. The number of aromatic nitrogens is 1. The van der Waals surface area contributed by atoms with Gasteiger partial charge in [-0.1, -0.05) is 5.16 Å². The lowest BCUT2D eigenvalue weighted by molar-refractivity contribution is -0.147. The van der Waals surface area contributed by atoms with Crippen LogP contribution in [0.3, 0.4) is 0 Å². The Morgan fingerprint density at radius 2 is 1.82 bits per heavy atom. The van der Waals surface area contributed by atoms with Crippen molar-refractivity contribution >= 4 is 23.5 Å². The number of nitrogens with zero attached hydrogens (tertiary/aromatic N) is 1. The van der Waals surface area contributed by atoms with Crippen molar-refractivity contribution in [3.8, 4) is 0 Å². The number of esters is 2. The van der Waals surface area contributed by atoms with Crippen molar-refractivity contribution in [3.63, 3.8) is 0 Å². The maximum atomic E-state index is 11.9. The molecule has 0 spiro atoms. The highest BCUT2D eigenvalue weighted by molar-refractivity contribution is 5.94. The molecule has 0 fully saturated rings. The summed E-state index contributed by atoms with van der Waals surface area (Å²) in [7, 11) is 0. The van der Waals surface area contributed by atoms with E-state index in [1.165, 1.54) is 0 Å². The van der Waals surface area contributed by atoms with Crippen LogP contribution in [0.15, 0.2) is 28.8 Å². The van der Waals surface area contributed by atoms with Crippen LogP contribution >= 0.6 is 0 Å². The van der Waals surface area contributed by atoms with Gasteiger partial charge in [0.15, 0.2) is 6.61 Å². The largest absolute Gasteiger partial charge is 0.459 e. The normalized spacial score (nSPS) is 10.6. The molecule has 0 atom stereocenters. The standard InChI is InChI=1S/C20H24N2O6/c1-12(2)27-20(25)15-5-7-16(8-6-15)21-18(23)11-26-19(24)10-9-17-13(3)22-28-14(17)4/h5-8,12H,9-11H2,1-4H3,(H,21,23). The van der Waals surface area contributed by atoms with Gasteiger partial charge in [0.2, 0.25) is 0 Å². The van der Waals surface area contributed by atoms with E-state index >= 15 is 0 Å². The van der Waals surface area contributed by atoms with Crippen LogP contribution in [0.1, 0.15) is 47.6 Å². The third-order valence-electron chi connectivity index (χ3n) is 3.87. The van der Waals surface area contributed by atoms with E-state index < -0.39 is 24.5 Å². The number of carbonyl (C=O) groups excluding carboxylic acids is 3. The molecule has 1 aromatic carbocycles. The Hall–Kier alpha value is -3.16. The Morgan fingerprint density at radius 1 is 1.14 bits per heavy atom. The first-order chi connectivity index (χ1) is 13.3. The van der Waals surface area contributed by atoms with E-state index in [0.717, 1.165) is 11.3 Å². The van der Waals surface area contributed by atoms with Gasteiger partial charge in [-0.05, 0) is 58.4 Å². The molecule has 1 heterocycles. The van der Waals surface area contributed by atoms with E-state index in [9.17, 15) is 14.4 Å². The number of rotatable bonds is 8. The predicted octanol–water partition coefficient (Wildman–Crippen LogP) is 2.97. The third kappa shape index (κ3) is 6.22. The van der Waals surface area contributed by atoms with Crippen LogP contribution in [0, 0.1) is 13.8 Å². The van der Waals surface area contributed by atoms with Gasteiger partial charge in [0.1, 0.15) is 5.76 Å². The van der Waals surface area contributed by atoms with Gasteiger partial charge in [-0.25, -0.2) is 4.79 Å². The fraction of sp³-hybridized carbons (Fsp3) is 0.400. The van der Waals surface area contributed by atoms with E-state index in [0.29, 0.717) is 23.4 Å². The number of hydrogen-bond acceptors (Lipinski definition) is 7. The van der Waals surface area contributed by atoms with E-state index in [1.54, 1.807) is 52.0 Å². The monoisotopic (exact) mass is 388 g/mol. The molecule has 0 aliphatic carbocycles. The number of aryl methyl sites for hydroxylation is 2. The number of nitrogens with one attached hydrogen (secondary N) is 1. The summed E-state index contributed by atoms with van der Waals surface area (Å²) in [6.45, 7) is 6.72. The molecule has 2 rings (SSSR count). The zero-order valence-corrected chi connectivity index (χ0v) is 16.4. The SMILES string of the molecule is Cc1noc(C)c1CCC(=O)OCC(=O)Nc1ccc(C(=O)OC(C)C)cc1. The number of benzene rings is 1. The van der Waals surface area contributed by atoms with Gasteiger partial charge >= 0.3 is 11.9 Å². The predicted molar refractivity (Wildman–Crippen MR) is 101 cm³/mol. The molecule has 1 N–H and O–H groups in total. The average Bonchev–Trinajstić information content (AvgIpc) is 2.96. The van der Waals surface area contributed by atoms with Crippen LogP contribution < -0.4 is 5.32 Å². The van der Waals surface area contributed by atoms with Crippen molar-refractivity contribution in [2.75, 3.05) is 11.9 Å². The molecule has 150 valence electrons. The summed E-state index contributed by atoms with van der Waals surface area (Å²) in [6, 6.07) is 6.26. The molecule has 2 aromatic rings. The van der Waals surface area contributed by atoms with Gasteiger partial charge in [0.25, 0.3) is 5.91 Å². The van der Waals surface area contributed by atoms with Crippen LogP contribution in [0.5, 0.6) is 0 Å². The molecule has 28 heavy (non-hydrogen) atoms.